The zero-order chi connectivity index (χ0) is 30.6. The number of likely N-dealkylation sites (N-methyl/N-ethyl adjacent to an activating group) is 1. The van der Waals surface area contributed by atoms with Gasteiger partial charge in [-0.05, 0) is 49.4 Å². The second-order valence-corrected chi connectivity index (χ2v) is 11.5. The molecule has 0 radical (unpaired) electrons. The Morgan fingerprint density at radius 3 is 2.50 bits per heavy atom. The van der Waals surface area contributed by atoms with E-state index in [2.05, 4.69) is 20.9 Å². The second-order valence-electron chi connectivity index (χ2n) is 11.5. The van der Waals surface area contributed by atoms with E-state index >= 15 is 0 Å². The van der Waals surface area contributed by atoms with Crippen molar-refractivity contribution < 1.29 is 8.78 Å². The van der Waals surface area contributed by atoms with Gasteiger partial charge in [-0.1, -0.05) is 30.3 Å². The number of fused-ring (bicyclic) bond motifs is 2. The van der Waals surface area contributed by atoms with E-state index < -0.39 is 17.3 Å². The van der Waals surface area contributed by atoms with Crippen molar-refractivity contribution >= 4 is 10.9 Å². The minimum atomic E-state index is -0.714. The number of aromatic nitrogens is 4. The lowest BCUT2D eigenvalue weighted by atomic mass is 10.0. The van der Waals surface area contributed by atoms with E-state index in [-0.39, 0.29) is 24.2 Å². The second kappa shape index (κ2) is 13.1. The molecule has 0 fully saturated rings. The summed E-state index contributed by atoms with van der Waals surface area (Å²) in [6.07, 6.45) is 5.76. The Morgan fingerprint density at radius 1 is 0.909 bits per heavy atom. The summed E-state index contributed by atoms with van der Waals surface area (Å²) in [5.74, 6) is -1.43. The van der Waals surface area contributed by atoms with E-state index in [1.807, 2.05) is 54.5 Å². The molecule has 0 atom stereocenters. The van der Waals surface area contributed by atoms with Crippen molar-refractivity contribution in [3.8, 4) is 0 Å². The largest absolute Gasteiger partial charge is 0.361 e. The molecule has 0 saturated heterocycles. The minimum Gasteiger partial charge on any atom is -0.361 e. The van der Waals surface area contributed by atoms with Crippen LogP contribution in [0, 0.1) is 11.6 Å². The normalized spacial score (nSPS) is 13.5. The Balaban J connectivity index is 1.26. The first-order chi connectivity index (χ1) is 21.4. The molecule has 10 heteroatoms. The van der Waals surface area contributed by atoms with Crippen LogP contribution in [0.5, 0.6) is 0 Å². The fourth-order valence-corrected chi connectivity index (χ4v) is 6.05. The molecule has 0 aliphatic carbocycles. The molecular formula is C34H36F2N6O2. The summed E-state index contributed by atoms with van der Waals surface area (Å²) < 4.78 is 32.1. The third-order valence-corrected chi connectivity index (χ3v) is 8.62. The Labute approximate surface area is 254 Å². The van der Waals surface area contributed by atoms with Crippen molar-refractivity contribution in [3.63, 3.8) is 0 Å². The van der Waals surface area contributed by atoms with Crippen molar-refractivity contribution in [2.75, 3.05) is 33.2 Å². The van der Waals surface area contributed by atoms with E-state index in [9.17, 15) is 18.4 Å². The van der Waals surface area contributed by atoms with Crippen LogP contribution in [0.15, 0.2) is 82.6 Å². The number of nitrogens with one attached hydrogen (secondary N) is 1. The third kappa shape index (κ3) is 6.27. The molecule has 1 aliphatic heterocycles. The van der Waals surface area contributed by atoms with Crippen molar-refractivity contribution in [3.05, 3.63) is 134 Å². The number of nitrogens with zero attached hydrogens (tertiary/aromatic N) is 5. The Morgan fingerprint density at radius 2 is 1.70 bits per heavy atom. The summed E-state index contributed by atoms with van der Waals surface area (Å²) in [4.78, 5) is 39.6. The molecule has 1 N–H and O–H groups in total. The molecule has 0 bridgehead atoms. The maximum absolute atomic E-state index is 14.7. The lowest BCUT2D eigenvalue weighted by Gasteiger charge is -2.31. The number of benzene rings is 2. The van der Waals surface area contributed by atoms with Crippen LogP contribution in [-0.4, -0.2) is 62.1 Å². The lowest BCUT2D eigenvalue weighted by molar-refractivity contribution is 0.246. The fourth-order valence-electron chi connectivity index (χ4n) is 6.05. The molecule has 2 aromatic carbocycles. The predicted molar refractivity (Wildman–Crippen MR) is 167 cm³/mol. The lowest BCUT2D eigenvalue weighted by Crippen LogP contribution is -2.49. The van der Waals surface area contributed by atoms with Crippen molar-refractivity contribution in [1.29, 1.82) is 0 Å². The van der Waals surface area contributed by atoms with Gasteiger partial charge in [-0.2, -0.15) is 0 Å². The van der Waals surface area contributed by atoms with E-state index in [0.717, 1.165) is 30.6 Å². The molecule has 0 spiro atoms. The first-order valence-electron chi connectivity index (χ1n) is 15.0. The number of hydrogen-bond acceptors (Lipinski definition) is 5. The van der Waals surface area contributed by atoms with Gasteiger partial charge in [0.2, 0.25) is 0 Å². The van der Waals surface area contributed by atoms with Crippen molar-refractivity contribution in [2.45, 2.75) is 38.9 Å². The Hall–Kier alpha value is -4.41. The summed E-state index contributed by atoms with van der Waals surface area (Å²) in [6.45, 7) is 2.79. The van der Waals surface area contributed by atoms with Gasteiger partial charge < -0.3 is 9.88 Å². The van der Waals surface area contributed by atoms with E-state index in [0.29, 0.717) is 43.9 Å². The highest BCUT2D eigenvalue weighted by atomic mass is 19.1. The average Bonchev–Trinajstić information content (AvgIpc) is 3.46. The summed E-state index contributed by atoms with van der Waals surface area (Å²) in [5.41, 5.74) is 3.28. The van der Waals surface area contributed by atoms with Gasteiger partial charge in [-0.25, -0.2) is 13.6 Å². The molecule has 3 aromatic heterocycles. The number of para-hydroxylation sites is 1. The highest BCUT2D eigenvalue weighted by molar-refractivity contribution is 5.83. The zero-order valence-corrected chi connectivity index (χ0v) is 24.8. The smallest absolute Gasteiger partial charge is 0.331 e. The molecular weight excluding hydrogens is 562 g/mol. The molecule has 44 heavy (non-hydrogen) atoms. The standard InChI is InChI=1S/C34H36F2N6O2/c1-39(16-13-25-7-4-5-15-37-25)19-20-41-33(43)28-22-40(17-12-24-21-38-31-11-3-2-8-26(24)31)18-14-32(28)42(34(41)44)23-27-29(35)9-6-10-30(27)36/h2-11,15,21,38H,12-14,16-20,22-23H2,1H3. The maximum Gasteiger partial charge on any atom is 0.331 e. The van der Waals surface area contributed by atoms with Crippen LogP contribution in [0.3, 0.4) is 0 Å². The molecule has 4 heterocycles. The zero-order valence-electron chi connectivity index (χ0n) is 24.8. The van der Waals surface area contributed by atoms with Gasteiger partial charge in [0, 0.05) is 92.4 Å². The Bertz CT molecular complexity index is 1860. The van der Waals surface area contributed by atoms with Crippen LogP contribution in [-0.2, 0) is 38.9 Å². The SMILES string of the molecule is CN(CCc1ccccn1)CCn1c(=O)c2c(n(Cc3c(F)cccc3F)c1=O)CCN(CCc1c[nH]c3ccccc13)C2. The molecule has 5 aromatic rings. The van der Waals surface area contributed by atoms with E-state index in [4.69, 9.17) is 0 Å². The van der Waals surface area contributed by atoms with Crippen LogP contribution in [0.25, 0.3) is 10.9 Å². The minimum absolute atomic E-state index is 0.165. The predicted octanol–water partition coefficient (Wildman–Crippen LogP) is 3.99. The van der Waals surface area contributed by atoms with E-state index in [1.54, 1.807) is 6.20 Å². The van der Waals surface area contributed by atoms with Crippen LogP contribution >= 0.6 is 0 Å². The fraction of sp³-hybridized carbons (Fsp3) is 0.324. The van der Waals surface area contributed by atoms with Gasteiger partial charge >= 0.3 is 5.69 Å². The van der Waals surface area contributed by atoms with Crippen LogP contribution in [0.2, 0.25) is 0 Å². The number of pyridine rings is 1. The quantitative estimate of drug-likeness (QED) is 0.249. The molecule has 0 unspecified atom stereocenters. The number of aromatic amines is 1. The van der Waals surface area contributed by atoms with Gasteiger partial charge in [0.05, 0.1) is 12.1 Å². The summed E-state index contributed by atoms with van der Waals surface area (Å²) in [7, 11) is 1.94. The first-order valence-corrected chi connectivity index (χ1v) is 15.0. The van der Waals surface area contributed by atoms with Gasteiger partial charge in [0.25, 0.3) is 5.56 Å². The van der Waals surface area contributed by atoms with Crippen LogP contribution < -0.4 is 11.2 Å². The number of hydrogen-bond donors (Lipinski definition) is 1. The number of rotatable bonds is 11. The van der Waals surface area contributed by atoms with Gasteiger partial charge in [-0.3, -0.25) is 23.8 Å². The maximum atomic E-state index is 14.7. The average molecular weight is 599 g/mol. The third-order valence-electron chi connectivity index (χ3n) is 8.62. The number of halogens is 2. The molecule has 228 valence electrons. The topological polar surface area (TPSA) is 79.2 Å². The van der Waals surface area contributed by atoms with Gasteiger partial charge in [0.15, 0.2) is 0 Å². The molecule has 1 aliphatic rings. The summed E-state index contributed by atoms with van der Waals surface area (Å²) >= 11 is 0. The van der Waals surface area contributed by atoms with Crippen molar-refractivity contribution in [1.82, 2.24) is 28.9 Å². The highest BCUT2D eigenvalue weighted by Gasteiger charge is 2.26. The van der Waals surface area contributed by atoms with E-state index in [1.165, 1.54) is 38.3 Å². The van der Waals surface area contributed by atoms with Gasteiger partial charge in [0.1, 0.15) is 11.6 Å². The molecule has 6 rings (SSSR count). The molecule has 0 amide bonds. The Kier molecular flexibility index (Phi) is 8.81. The van der Waals surface area contributed by atoms with Gasteiger partial charge in [-0.15, -0.1) is 0 Å². The number of H-pyrrole nitrogens is 1. The van der Waals surface area contributed by atoms with Crippen LogP contribution in [0.1, 0.15) is 28.1 Å². The molecule has 8 nitrogen and oxygen atoms in total. The van der Waals surface area contributed by atoms with Crippen molar-refractivity contribution in [2.24, 2.45) is 0 Å². The summed E-state index contributed by atoms with van der Waals surface area (Å²) in [5, 5.41) is 1.18. The highest BCUT2D eigenvalue weighted by Crippen LogP contribution is 2.21. The van der Waals surface area contributed by atoms with Crippen LogP contribution in [0.4, 0.5) is 8.78 Å². The summed E-state index contributed by atoms with van der Waals surface area (Å²) in [6, 6.07) is 17.6. The first kappa shape index (κ1) is 29.7. The molecule has 0 saturated carbocycles. The monoisotopic (exact) mass is 598 g/mol.